The van der Waals surface area contributed by atoms with Crippen molar-refractivity contribution in [1.29, 1.82) is 0 Å². The zero-order chi connectivity index (χ0) is 26.3. The number of nitrogens with zero attached hydrogens (tertiary/aromatic N) is 3. The van der Waals surface area contributed by atoms with Gasteiger partial charge in [-0.2, -0.15) is 0 Å². The lowest BCUT2D eigenvalue weighted by atomic mass is 9.83. The minimum atomic E-state index is -1.28. The SMILES string of the molecule is O=C(C(O)c1cccc(Br)c1)N1CCCc2nc(C3(c4cncc(C5CCCCC5)c4)CC3)[nH]c(=O)c2C1. The van der Waals surface area contributed by atoms with Crippen molar-refractivity contribution in [2.75, 3.05) is 6.54 Å². The van der Waals surface area contributed by atoms with Gasteiger partial charge in [-0.3, -0.25) is 14.6 Å². The predicted octanol–water partition coefficient (Wildman–Crippen LogP) is 5.06. The van der Waals surface area contributed by atoms with Gasteiger partial charge < -0.3 is 15.0 Å². The molecule has 0 saturated heterocycles. The zero-order valence-corrected chi connectivity index (χ0v) is 23.0. The fourth-order valence-electron chi connectivity index (χ4n) is 6.19. The van der Waals surface area contributed by atoms with E-state index in [1.807, 2.05) is 18.5 Å². The second kappa shape index (κ2) is 10.4. The molecular formula is C30H33BrN4O3. The first-order valence-corrected chi connectivity index (χ1v) is 14.5. The molecule has 1 aliphatic heterocycles. The molecular weight excluding hydrogens is 544 g/mol. The number of hydrogen-bond acceptors (Lipinski definition) is 5. The van der Waals surface area contributed by atoms with Crippen LogP contribution in [0.2, 0.25) is 0 Å². The lowest BCUT2D eigenvalue weighted by Gasteiger charge is -2.24. The van der Waals surface area contributed by atoms with Crippen molar-refractivity contribution in [3.8, 4) is 0 Å². The van der Waals surface area contributed by atoms with Crippen LogP contribution >= 0.6 is 15.9 Å². The highest BCUT2D eigenvalue weighted by Gasteiger charge is 2.49. The van der Waals surface area contributed by atoms with Crippen LogP contribution in [0.25, 0.3) is 0 Å². The number of carbonyl (C=O) groups excluding carboxylic acids is 1. The Labute approximate surface area is 230 Å². The van der Waals surface area contributed by atoms with E-state index in [1.54, 1.807) is 23.1 Å². The van der Waals surface area contributed by atoms with Crippen molar-refractivity contribution in [2.45, 2.75) is 81.8 Å². The summed E-state index contributed by atoms with van der Waals surface area (Å²) in [6.45, 7) is 0.612. The van der Waals surface area contributed by atoms with Crippen molar-refractivity contribution in [1.82, 2.24) is 19.9 Å². The molecule has 8 heteroatoms. The van der Waals surface area contributed by atoms with E-state index < -0.39 is 12.0 Å². The Morgan fingerprint density at radius 1 is 1.13 bits per heavy atom. The maximum Gasteiger partial charge on any atom is 0.256 e. The standard InChI is InChI=1S/C30H33BrN4O3/c31-23-9-4-8-20(15-23)26(36)28(38)35-13-5-10-25-24(18-35)27(37)34-29(33-25)30(11-12-30)22-14-21(16-32-17-22)19-6-2-1-3-7-19/h4,8-9,14-17,19,26,36H,1-3,5-7,10-13,18H2,(H,33,34,37). The molecule has 2 aliphatic carbocycles. The van der Waals surface area contributed by atoms with Gasteiger partial charge in [0.1, 0.15) is 5.82 Å². The van der Waals surface area contributed by atoms with Crippen LogP contribution in [0.4, 0.5) is 0 Å². The highest BCUT2D eigenvalue weighted by Crippen LogP contribution is 2.52. The average Bonchev–Trinajstić information content (AvgIpc) is 3.77. The number of fused-ring (bicyclic) bond motifs is 1. The Morgan fingerprint density at radius 3 is 2.71 bits per heavy atom. The monoisotopic (exact) mass is 576 g/mol. The van der Waals surface area contributed by atoms with E-state index >= 15 is 0 Å². The summed E-state index contributed by atoms with van der Waals surface area (Å²) in [5, 5.41) is 10.8. The van der Waals surface area contributed by atoms with E-state index in [1.165, 1.54) is 37.7 Å². The van der Waals surface area contributed by atoms with Gasteiger partial charge >= 0.3 is 0 Å². The molecule has 1 atom stereocenters. The number of nitrogens with one attached hydrogen (secondary N) is 1. The summed E-state index contributed by atoms with van der Waals surface area (Å²) in [5.41, 5.74) is 3.78. The van der Waals surface area contributed by atoms with E-state index in [9.17, 15) is 14.7 Å². The molecule has 3 aliphatic rings. The molecule has 2 saturated carbocycles. The summed E-state index contributed by atoms with van der Waals surface area (Å²) in [4.78, 5) is 40.9. The third kappa shape index (κ3) is 4.84. The summed E-state index contributed by atoms with van der Waals surface area (Å²) < 4.78 is 0.796. The van der Waals surface area contributed by atoms with Crippen LogP contribution in [0.5, 0.6) is 0 Å². The molecule has 2 fully saturated rings. The van der Waals surface area contributed by atoms with E-state index in [-0.39, 0.29) is 17.5 Å². The number of halogens is 1. The Bertz CT molecular complexity index is 1410. The largest absolute Gasteiger partial charge is 0.378 e. The van der Waals surface area contributed by atoms with Gasteiger partial charge in [0.15, 0.2) is 6.10 Å². The number of aromatic amines is 1. The number of aliphatic hydroxyl groups is 1. The van der Waals surface area contributed by atoms with Crippen molar-refractivity contribution >= 4 is 21.8 Å². The van der Waals surface area contributed by atoms with Gasteiger partial charge in [0.25, 0.3) is 11.5 Å². The van der Waals surface area contributed by atoms with Crippen LogP contribution in [-0.2, 0) is 23.2 Å². The van der Waals surface area contributed by atoms with Gasteiger partial charge in [-0.25, -0.2) is 4.98 Å². The van der Waals surface area contributed by atoms with Crippen molar-refractivity contribution in [3.63, 3.8) is 0 Å². The highest BCUT2D eigenvalue weighted by atomic mass is 79.9. The van der Waals surface area contributed by atoms with Gasteiger partial charge in [-0.05, 0) is 73.3 Å². The first-order chi connectivity index (χ1) is 18.4. The molecule has 1 unspecified atom stereocenters. The molecule has 2 aromatic heterocycles. The van der Waals surface area contributed by atoms with Gasteiger partial charge in [0.05, 0.1) is 23.2 Å². The lowest BCUT2D eigenvalue weighted by molar-refractivity contribution is -0.141. The number of amides is 1. The highest BCUT2D eigenvalue weighted by molar-refractivity contribution is 9.10. The first-order valence-electron chi connectivity index (χ1n) is 13.7. The predicted molar refractivity (Wildman–Crippen MR) is 148 cm³/mol. The molecule has 0 radical (unpaired) electrons. The second-order valence-electron chi connectivity index (χ2n) is 11.1. The third-order valence-corrected chi connectivity index (χ3v) is 9.09. The first kappa shape index (κ1) is 25.4. The Balaban J connectivity index is 1.26. The van der Waals surface area contributed by atoms with Crippen molar-refractivity contribution in [3.05, 3.63) is 91.3 Å². The third-order valence-electron chi connectivity index (χ3n) is 8.59. The normalized spacial score (nSPS) is 19.9. The number of aliphatic hydroxyl groups excluding tert-OH is 1. The van der Waals surface area contributed by atoms with Crippen LogP contribution in [0.15, 0.2) is 52.0 Å². The van der Waals surface area contributed by atoms with E-state index in [0.29, 0.717) is 36.4 Å². The van der Waals surface area contributed by atoms with Gasteiger partial charge in [-0.15, -0.1) is 0 Å². The molecule has 3 heterocycles. The molecule has 38 heavy (non-hydrogen) atoms. The number of aromatic nitrogens is 3. The Hall–Kier alpha value is -2.84. The van der Waals surface area contributed by atoms with Crippen molar-refractivity contribution < 1.29 is 9.90 Å². The quantitative estimate of drug-likeness (QED) is 0.442. The number of pyridine rings is 1. The number of carbonyl (C=O) groups is 1. The molecule has 1 amide bonds. The summed E-state index contributed by atoms with van der Waals surface area (Å²) in [6, 6.07) is 9.40. The van der Waals surface area contributed by atoms with Gasteiger partial charge in [0, 0.05) is 23.4 Å². The summed E-state index contributed by atoms with van der Waals surface area (Å²) in [5.74, 6) is 0.892. The molecule has 6 rings (SSSR count). The molecule has 0 bridgehead atoms. The van der Waals surface area contributed by atoms with E-state index in [0.717, 1.165) is 34.4 Å². The summed E-state index contributed by atoms with van der Waals surface area (Å²) >= 11 is 3.39. The number of hydrogen-bond donors (Lipinski definition) is 2. The minimum Gasteiger partial charge on any atom is -0.378 e. The van der Waals surface area contributed by atoms with Crippen molar-refractivity contribution in [2.24, 2.45) is 0 Å². The zero-order valence-electron chi connectivity index (χ0n) is 21.5. The molecule has 0 spiro atoms. The Morgan fingerprint density at radius 2 is 1.95 bits per heavy atom. The number of benzene rings is 1. The molecule has 3 aromatic rings. The number of aryl methyl sites for hydroxylation is 1. The maximum atomic E-state index is 13.4. The second-order valence-corrected chi connectivity index (χ2v) is 12.0. The average molecular weight is 578 g/mol. The van der Waals surface area contributed by atoms with E-state index in [2.05, 4.69) is 32.0 Å². The number of rotatable bonds is 5. The van der Waals surface area contributed by atoms with Crippen LogP contribution in [0, 0.1) is 0 Å². The summed E-state index contributed by atoms with van der Waals surface area (Å²) in [7, 11) is 0. The number of H-pyrrole nitrogens is 1. The Kier molecular flexibility index (Phi) is 6.95. The van der Waals surface area contributed by atoms with Crippen LogP contribution in [0.3, 0.4) is 0 Å². The fourth-order valence-corrected chi connectivity index (χ4v) is 6.61. The maximum absolute atomic E-state index is 13.4. The smallest absolute Gasteiger partial charge is 0.256 e. The molecule has 2 N–H and O–H groups in total. The van der Waals surface area contributed by atoms with Gasteiger partial charge in [0.2, 0.25) is 0 Å². The van der Waals surface area contributed by atoms with Crippen LogP contribution < -0.4 is 5.56 Å². The van der Waals surface area contributed by atoms with E-state index in [4.69, 9.17) is 4.98 Å². The van der Waals surface area contributed by atoms with Crippen LogP contribution in [-0.4, -0.2) is 37.4 Å². The topological polar surface area (TPSA) is 99.2 Å². The minimum absolute atomic E-state index is 0.146. The molecule has 7 nitrogen and oxygen atoms in total. The summed E-state index contributed by atoms with van der Waals surface area (Å²) in [6.07, 6.45) is 12.2. The lowest BCUT2D eigenvalue weighted by Crippen LogP contribution is -2.36. The fraction of sp³-hybridized carbons (Fsp3) is 0.467. The molecule has 1 aromatic carbocycles. The molecule has 198 valence electrons. The van der Waals surface area contributed by atoms with Crippen LogP contribution in [0.1, 0.15) is 97.2 Å². The van der Waals surface area contributed by atoms with Gasteiger partial charge in [-0.1, -0.05) is 53.4 Å².